The zero-order valence-electron chi connectivity index (χ0n) is 12.3. The van der Waals surface area contributed by atoms with E-state index in [1.807, 2.05) is 36.4 Å². The monoisotopic (exact) mass is 297 g/mol. The predicted molar refractivity (Wildman–Crippen MR) is 84.2 cm³/mol. The van der Waals surface area contributed by atoms with Gasteiger partial charge in [0.15, 0.2) is 0 Å². The Morgan fingerprint density at radius 3 is 2.95 bits per heavy atom. The number of nitrogens with zero attached hydrogens (tertiary/aromatic N) is 1. The molecule has 0 bridgehead atoms. The van der Waals surface area contributed by atoms with Crippen molar-refractivity contribution < 1.29 is 9.53 Å². The normalized spacial score (nSPS) is 16.6. The molecule has 2 aromatic rings. The number of nitrogen functional groups attached to an aromatic ring is 1. The minimum absolute atomic E-state index is 0.0811. The Labute approximate surface area is 129 Å². The maximum absolute atomic E-state index is 11.9. The number of aromatic nitrogens is 1. The molecule has 3 N–H and O–H groups in total. The first kappa shape index (κ1) is 14.4. The molecule has 0 saturated heterocycles. The van der Waals surface area contributed by atoms with E-state index in [2.05, 4.69) is 10.3 Å². The van der Waals surface area contributed by atoms with Gasteiger partial charge in [0.2, 0.25) is 0 Å². The van der Waals surface area contributed by atoms with Crippen LogP contribution in [0.5, 0.6) is 0 Å². The molecule has 0 radical (unpaired) electrons. The number of alkyl carbamates (subject to hydrolysis) is 1. The maximum atomic E-state index is 11.9. The fraction of sp³-hybridized carbons (Fsp3) is 0.294. The van der Waals surface area contributed by atoms with Crippen molar-refractivity contribution in [3.8, 4) is 0 Å². The number of benzene rings is 1. The molecular formula is C17H19N3O2. The molecular weight excluding hydrogens is 278 g/mol. The van der Waals surface area contributed by atoms with Gasteiger partial charge in [-0.2, -0.15) is 0 Å². The van der Waals surface area contributed by atoms with Crippen molar-refractivity contribution in [1.82, 2.24) is 10.3 Å². The van der Waals surface area contributed by atoms with E-state index in [1.54, 1.807) is 6.20 Å². The molecule has 1 atom stereocenters. The van der Waals surface area contributed by atoms with E-state index in [-0.39, 0.29) is 18.7 Å². The van der Waals surface area contributed by atoms with Crippen LogP contribution in [0.1, 0.15) is 23.1 Å². The van der Waals surface area contributed by atoms with Crippen molar-refractivity contribution in [3.05, 3.63) is 59.3 Å². The number of fused-ring (bicyclic) bond motifs is 1. The summed E-state index contributed by atoms with van der Waals surface area (Å²) in [7, 11) is 0. The Morgan fingerprint density at radius 2 is 2.14 bits per heavy atom. The highest BCUT2D eigenvalue weighted by atomic mass is 16.5. The van der Waals surface area contributed by atoms with Crippen LogP contribution in [0.15, 0.2) is 42.6 Å². The van der Waals surface area contributed by atoms with Gasteiger partial charge in [-0.05, 0) is 42.0 Å². The van der Waals surface area contributed by atoms with E-state index < -0.39 is 0 Å². The van der Waals surface area contributed by atoms with Crippen LogP contribution in [0.4, 0.5) is 10.6 Å². The number of amides is 1. The lowest BCUT2D eigenvalue weighted by Crippen LogP contribution is -2.39. The second-order valence-electron chi connectivity index (χ2n) is 5.48. The third kappa shape index (κ3) is 3.36. The summed E-state index contributed by atoms with van der Waals surface area (Å²) in [6.07, 6.45) is 3.79. The van der Waals surface area contributed by atoms with Crippen LogP contribution in [0, 0.1) is 0 Å². The SMILES string of the molecule is Nc1nccc2c1CCC(NC(=O)OCc1ccccc1)C2. The van der Waals surface area contributed by atoms with E-state index >= 15 is 0 Å². The van der Waals surface area contributed by atoms with Crippen molar-refractivity contribution >= 4 is 11.9 Å². The number of pyridine rings is 1. The summed E-state index contributed by atoms with van der Waals surface area (Å²) in [6.45, 7) is 0.285. The fourth-order valence-electron chi connectivity index (χ4n) is 2.77. The minimum Gasteiger partial charge on any atom is -0.445 e. The van der Waals surface area contributed by atoms with Gasteiger partial charge in [-0.3, -0.25) is 0 Å². The predicted octanol–water partition coefficient (Wildman–Crippen LogP) is 2.45. The molecule has 0 saturated carbocycles. The molecule has 22 heavy (non-hydrogen) atoms. The number of nitrogens with two attached hydrogens (primary N) is 1. The molecule has 1 aliphatic carbocycles. The Kier molecular flexibility index (Phi) is 4.23. The Hall–Kier alpha value is -2.56. The van der Waals surface area contributed by atoms with Crippen LogP contribution in [-0.4, -0.2) is 17.1 Å². The molecule has 1 amide bonds. The molecule has 0 fully saturated rings. The van der Waals surface area contributed by atoms with Crippen LogP contribution in [0.25, 0.3) is 0 Å². The summed E-state index contributed by atoms with van der Waals surface area (Å²) in [4.78, 5) is 16.0. The topological polar surface area (TPSA) is 77.2 Å². The van der Waals surface area contributed by atoms with E-state index in [9.17, 15) is 4.79 Å². The Morgan fingerprint density at radius 1 is 1.32 bits per heavy atom. The lowest BCUT2D eigenvalue weighted by Gasteiger charge is -2.25. The van der Waals surface area contributed by atoms with E-state index in [0.717, 1.165) is 36.0 Å². The number of rotatable bonds is 3. The van der Waals surface area contributed by atoms with Crippen molar-refractivity contribution in [2.45, 2.75) is 31.9 Å². The van der Waals surface area contributed by atoms with Gasteiger partial charge in [-0.15, -0.1) is 0 Å². The number of hydrogen-bond acceptors (Lipinski definition) is 4. The minimum atomic E-state index is -0.376. The molecule has 5 heteroatoms. The first-order valence-corrected chi connectivity index (χ1v) is 7.42. The maximum Gasteiger partial charge on any atom is 0.407 e. The van der Waals surface area contributed by atoms with Crippen LogP contribution in [-0.2, 0) is 24.2 Å². The fourth-order valence-corrected chi connectivity index (χ4v) is 2.77. The van der Waals surface area contributed by atoms with Crippen LogP contribution < -0.4 is 11.1 Å². The second-order valence-corrected chi connectivity index (χ2v) is 5.48. The zero-order valence-corrected chi connectivity index (χ0v) is 12.3. The van der Waals surface area contributed by atoms with E-state index in [1.165, 1.54) is 0 Å². The van der Waals surface area contributed by atoms with Crippen LogP contribution >= 0.6 is 0 Å². The van der Waals surface area contributed by atoms with Crippen LogP contribution in [0.3, 0.4) is 0 Å². The molecule has 1 unspecified atom stereocenters. The second kappa shape index (κ2) is 6.47. The van der Waals surface area contributed by atoms with Gasteiger partial charge in [0.05, 0.1) is 0 Å². The third-order valence-electron chi connectivity index (χ3n) is 3.93. The number of anilines is 1. The molecule has 114 valence electrons. The molecule has 3 rings (SSSR count). The summed E-state index contributed by atoms with van der Waals surface area (Å²) in [5.41, 5.74) is 9.12. The zero-order chi connectivity index (χ0) is 15.4. The summed E-state index contributed by atoms with van der Waals surface area (Å²) in [5, 5.41) is 2.93. The van der Waals surface area contributed by atoms with Gasteiger partial charge in [0.25, 0.3) is 0 Å². The first-order chi connectivity index (χ1) is 10.7. The number of carbonyl (C=O) groups is 1. The molecule has 0 spiro atoms. The highest BCUT2D eigenvalue weighted by Gasteiger charge is 2.22. The molecule has 1 aromatic heterocycles. The number of nitrogens with one attached hydrogen (secondary N) is 1. The lowest BCUT2D eigenvalue weighted by molar-refractivity contribution is 0.134. The standard InChI is InChI=1S/C17H19N3O2/c18-16-15-7-6-14(10-13(15)8-9-19-16)20-17(21)22-11-12-4-2-1-3-5-12/h1-5,8-9,14H,6-7,10-11H2,(H2,18,19)(H,20,21). The largest absolute Gasteiger partial charge is 0.445 e. The van der Waals surface area contributed by atoms with E-state index in [0.29, 0.717) is 5.82 Å². The number of hydrogen-bond donors (Lipinski definition) is 2. The van der Waals surface area contributed by atoms with E-state index in [4.69, 9.17) is 10.5 Å². The average molecular weight is 297 g/mol. The van der Waals surface area contributed by atoms with Gasteiger partial charge in [0, 0.05) is 12.2 Å². The quantitative estimate of drug-likeness (QED) is 0.912. The molecule has 5 nitrogen and oxygen atoms in total. The summed E-state index contributed by atoms with van der Waals surface area (Å²) >= 11 is 0. The van der Waals surface area contributed by atoms with Crippen molar-refractivity contribution in [3.63, 3.8) is 0 Å². The summed E-state index contributed by atoms with van der Waals surface area (Å²) in [6, 6.07) is 11.7. The summed E-state index contributed by atoms with van der Waals surface area (Å²) < 4.78 is 5.26. The van der Waals surface area contributed by atoms with Gasteiger partial charge in [0.1, 0.15) is 12.4 Å². The van der Waals surface area contributed by atoms with Crippen LogP contribution in [0.2, 0.25) is 0 Å². The molecule has 1 heterocycles. The highest BCUT2D eigenvalue weighted by Crippen LogP contribution is 2.24. The molecule has 1 aliphatic rings. The smallest absolute Gasteiger partial charge is 0.407 e. The molecule has 0 aliphatic heterocycles. The molecule has 1 aromatic carbocycles. The highest BCUT2D eigenvalue weighted by molar-refractivity contribution is 5.67. The summed E-state index contributed by atoms with van der Waals surface area (Å²) in [5.74, 6) is 0.600. The lowest BCUT2D eigenvalue weighted by atomic mass is 9.89. The first-order valence-electron chi connectivity index (χ1n) is 7.42. The Balaban J connectivity index is 1.53. The van der Waals surface area contributed by atoms with Gasteiger partial charge >= 0.3 is 6.09 Å². The van der Waals surface area contributed by atoms with Gasteiger partial charge < -0.3 is 15.8 Å². The number of carbonyl (C=O) groups excluding carboxylic acids is 1. The van der Waals surface area contributed by atoms with Gasteiger partial charge in [-0.1, -0.05) is 30.3 Å². The Bertz CT molecular complexity index is 658. The third-order valence-corrected chi connectivity index (χ3v) is 3.93. The van der Waals surface area contributed by atoms with Crippen molar-refractivity contribution in [2.75, 3.05) is 5.73 Å². The van der Waals surface area contributed by atoms with Gasteiger partial charge in [-0.25, -0.2) is 9.78 Å². The van der Waals surface area contributed by atoms with Crippen molar-refractivity contribution in [2.24, 2.45) is 0 Å². The average Bonchev–Trinajstić information content (AvgIpc) is 2.54. The number of ether oxygens (including phenoxy) is 1. The van der Waals surface area contributed by atoms with Crippen molar-refractivity contribution in [1.29, 1.82) is 0 Å².